The van der Waals surface area contributed by atoms with Crippen LogP contribution in [0.2, 0.25) is 5.02 Å². The maximum absolute atomic E-state index is 13.7. The number of halogens is 7. The molecule has 2 aromatic carbocycles. The van der Waals surface area contributed by atoms with E-state index in [1.54, 1.807) is 44.2 Å². The molecule has 0 aliphatic carbocycles. The summed E-state index contributed by atoms with van der Waals surface area (Å²) in [5.74, 6) is -1.37. The number of carbonyl (C=O) groups is 1. The van der Waals surface area contributed by atoms with Gasteiger partial charge in [-0.1, -0.05) is 43.6 Å². The lowest BCUT2D eigenvalue weighted by Crippen LogP contribution is -2.32. The fraction of sp³-hybridized carbons (Fsp3) is 0.333. The molecule has 1 amide bonds. The molecule has 0 unspecified atom stereocenters. The Morgan fingerprint density at radius 1 is 0.947 bits per heavy atom. The van der Waals surface area contributed by atoms with Crippen molar-refractivity contribution in [2.45, 2.75) is 50.7 Å². The predicted molar refractivity (Wildman–Crippen MR) is 130 cm³/mol. The first-order chi connectivity index (χ1) is 17.6. The van der Waals surface area contributed by atoms with Crippen LogP contribution in [0.1, 0.15) is 49.7 Å². The number of hydrogen-bond acceptors (Lipinski definition) is 3. The predicted octanol–water partition coefficient (Wildman–Crippen LogP) is 8.11. The first-order valence-corrected chi connectivity index (χ1v) is 12.0. The Bertz CT molecular complexity index is 1310. The summed E-state index contributed by atoms with van der Waals surface area (Å²) in [6.07, 6.45) is -9.11. The van der Waals surface area contributed by atoms with E-state index in [1.807, 2.05) is 0 Å². The average Bonchev–Trinajstić information content (AvgIpc) is 3.13. The average molecular weight is 557 g/mol. The second kappa shape index (κ2) is 10.1. The van der Waals surface area contributed by atoms with Crippen LogP contribution >= 0.6 is 11.6 Å². The van der Waals surface area contributed by atoms with Crippen LogP contribution in [0.25, 0.3) is 0 Å². The molecular formula is C27H23ClF6N2O2. The van der Waals surface area contributed by atoms with Crippen LogP contribution in [0, 0.1) is 5.92 Å². The van der Waals surface area contributed by atoms with Crippen LogP contribution in [0.4, 0.5) is 32.0 Å². The number of aromatic nitrogens is 1. The Morgan fingerprint density at radius 2 is 1.58 bits per heavy atom. The van der Waals surface area contributed by atoms with E-state index in [0.717, 1.165) is 6.07 Å². The zero-order valence-corrected chi connectivity index (χ0v) is 21.0. The van der Waals surface area contributed by atoms with Crippen molar-refractivity contribution in [2.75, 3.05) is 4.90 Å². The second-order valence-electron chi connectivity index (χ2n) is 9.75. The van der Waals surface area contributed by atoms with Crippen molar-refractivity contribution in [1.29, 1.82) is 0 Å². The molecule has 0 bridgehead atoms. The van der Waals surface area contributed by atoms with Crippen molar-refractivity contribution in [1.82, 2.24) is 4.98 Å². The molecule has 4 rings (SSSR count). The van der Waals surface area contributed by atoms with Gasteiger partial charge in [0, 0.05) is 27.7 Å². The molecule has 2 heterocycles. The standard InChI is InChI=1S/C27H23ClF6N2O2/c1-25(2,22-7-4-8-23(35-22)26(29,30)31)15-17-14-21(16-5-3-6-20(13-16)38-27(32,33)34)36(24(17)37)19-11-9-18(28)10-12-19/h3-13,17,21H,14-15H2,1-2H3/t17-,21+/m0/s1. The summed E-state index contributed by atoms with van der Waals surface area (Å²) in [7, 11) is 0. The number of alkyl halides is 6. The molecule has 0 N–H and O–H groups in total. The lowest BCUT2D eigenvalue weighted by atomic mass is 9.78. The molecule has 0 saturated carbocycles. The molecule has 1 aliphatic rings. The minimum Gasteiger partial charge on any atom is -0.406 e. The molecule has 0 spiro atoms. The molecule has 1 aliphatic heterocycles. The second-order valence-corrected chi connectivity index (χ2v) is 10.2. The van der Waals surface area contributed by atoms with Gasteiger partial charge in [0.1, 0.15) is 11.4 Å². The summed E-state index contributed by atoms with van der Waals surface area (Å²) in [6, 6.07) is 14.9. The Hall–Kier alpha value is -3.27. The highest BCUT2D eigenvalue weighted by Crippen LogP contribution is 2.45. The van der Waals surface area contributed by atoms with Gasteiger partial charge in [-0.15, -0.1) is 13.2 Å². The topological polar surface area (TPSA) is 42.4 Å². The van der Waals surface area contributed by atoms with Crippen molar-refractivity contribution in [3.05, 3.63) is 88.7 Å². The van der Waals surface area contributed by atoms with E-state index in [1.165, 1.54) is 35.2 Å². The normalized spacial score (nSPS) is 18.7. The molecule has 1 aromatic heterocycles. The summed E-state index contributed by atoms with van der Waals surface area (Å²) < 4.78 is 82.3. The molecule has 0 radical (unpaired) electrons. The van der Waals surface area contributed by atoms with Gasteiger partial charge >= 0.3 is 12.5 Å². The van der Waals surface area contributed by atoms with E-state index in [0.29, 0.717) is 16.3 Å². The number of anilines is 1. The molecule has 11 heteroatoms. The summed E-state index contributed by atoms with van der Waals surface area (Å²) in [5.41, 5.74) is -0.842. The summed E-state index contributed by atoms with van der Waals surface area (Å²) in [5, 5.41) is 0.436. The maximum atomic E-state index is 13.7. The lowest BCUT2D eigenvalue weighted by molar-refractivity contribution is -0.274. The quantitative estimate of drug-likeness (QED) is 0.288. The van der Waals surface area contributed by atoms with Crippen molar-refractivity contribution in [3.8, 4) is 5.75 Å². The number of pyridine rings is 1. The number of rotatable bonds is 6. The van der Waals surface area contributed by atoms with Gasteiger partial charge in [-0.2, -0.15) is 13.2 Å². The van der Waals surface area contributed by atoms with Gasteiger partial charge in [0.05, 0.1) is 6.04 Å². The van der Waals surface area contributed by atoms with E-state index < -0.39 is 41.4 Å². The van der Waals surface area contributed by atoms with Crippen LogP contribution < -0.4 is 9.64 Å². The summed E-state index contributed by atoms with van der Waals surface area (Å²) >= 11 is 6.01. The van der Waals surface area contributed by atoms with Gasteiger partial charge in [-0.3, -0.25) is 4.79 Å². The third kappa shape index (κ3) is 6.23. The minimum atomic E-state index is -4.88. The van der Waals surface area contributed by atoms with Gasteiger partial charge < -0.3 is 9.64 Å². The molecule has 1 saturated heterocycles. The first kappa shape index (κ1) is 27.8. The van der Waals surface area contributed by atoms with Crippen molar-refractivity contribution < 1.29 is 35.9 Å². The van der Waals surface area contributed by atoms with E-state index in [2.05, 4.69) is 9.72 Å². The number of carbonyl (C=O) groups excluding carboxylic acids is 1. The Balaban J connectivity index is 1.68. The van der Waals surface area contributed by atoms with Crippen molar-refractivity contribution in [3.63, 3.8) is 0 Å². The highest BCUT2D eigenvalue weighted by molar-refractivity contribution is 6.30. The largest absolute Gasteiger partial charge is 0.573 e. The summed E-state index contributed by atoms with van der Waals surface area (Å²) in [4.78, 5) is 19.0. The van der Waals surface area contributed by atoms with E-state index in [4.69, 9.17) is 11.6 Å². The SMILES string of the molecule is CC(C)(C[C@@H]1C[C@H](c2cccc(OC(F)(F)F)c2)N(c2ccc(Cl)cc2)C1=O)c1cccc(C(F)(F)F)n1. The molecule has 2 atom stereocenters. The number of amides is 1. The number of ether oxygens (including phenoxy) is 1. The van der Waals surface area contributed by atoms with Crippen molar-refractivity contribution >= 4 is 23.2 Å². The van der Waals surface area contributed by atoms with Crippen LogP contribution in [0.5, 0.6) is 5.75 Å². The monoisotopic (exact) mass is 556 g/mol. The summed E-state index contributed by atoms with van der Waals surface area (Å²) in [6.45, 7) is 3.42. The Labute approximate surface area is 220 Å². The van der Waals surface area contributed by atoms with Crippen LogP contribution in [0.3, 0.4) is 0 Å². The lowest BCUT2D eigenvalue weighted by Gasteiger charge is -2.27. The molecule has 202 valence electrons. The Morgan fingerprint density at radius 3 is 2.21 bits per heavy atom. The number of hydrogen-bond donors (Lipinski definition) is 0. The molecular weight excluding hydrogens is 534 g/mol. The fourth-order valence-corrected chi connectivity index (χ4v) is 4.93. The molecule has 38 heavy (non-hydrogen) atoms. The maximum Gasteiger partial charge on any atom is 0.573 e. The van der Waals surface area contributed by atoms with E-state index in [-0.39, 0.29) is 24.4 Å². The number of benzene rings is 2. The van der Waals surface area contributed by atoms with Gasteiger partial charge in [-0.25, -0.2) is 4.98 Å². The minimum absolute atomic E-state index is 0.166. The van der Waals surface area contributed by atoms with Gasteiger partial charge in [-0.05, 0) is 66.9 Å². The van der Waals surface area contributed by atoms with E-state index in [9.17, 15) is 31.1 Å². The smallest absolute Gasteiger partial charge is 0.406 e. The zero-order valence-electron chi connectivity index (χ0n) is 20.3. The first-order valence-electron chi connectivity index (χ1n) is 11.6. The fourth-order valence-electron chi connectivity index (χ4n) is 4.80. The third-order valence-electron chi connectivity index (χ3n) is 6.48. The highest BCUT2D eigenvalue weighted by atomic mass is 35.5. The van der Waals surface area contributed by atoms with Gasteiger partial charge in [0.25, 0.3) is 0 Å². The molecule has 3 aromatic rings. The van der Waals surface area contributed by atoms with Crippen molar-refractivity contribution in [2.24, 2.45) is 5.92 Å². The highest BCUT2D eigenvalue weighted by Gasteiger charge is 2.44. The van der Waals surface area contributed by atoms with Gasteiger partial charge in [0.2, 0.25) is 5.91 Å². The molecule has 4 nitrogen and oxygen atoms in total. The van der Waals surface area contributed by atoms with Crippen LogP contribution in [-0.4, -0.2) is 17.3 Å². The van der Waals surface area contributed by atoms with Gasteiger partial charge in [0.15, 0.2) is 0 Å². The van der Waals surface area contributed by atoms with Crippen LogP contribution in [0.15, 0.2) is 66.7 Å². The number of nitrogens with zero attached hydrogens (tertiary/aromatic N) is 2. The Kier molecular flexibility index (Phi) is 7.40. The zero-order chi connectivity index (χ0) is 27.9. The molecule has 1 fully saturated rings. The van der Waals surface area contributed by atoms with Crippen LogP contribution in [-0.2, 0) is 16.4 Å². The van der Waals surface area contributed by atoms with E-state index >= 15 is 0 Å². The third-order valence-corrected chi connectivity index (χ3v) is 6.73.